The Morgan fingerprint density at radius 3 is 2.45 bits per heavy atom. The Morgan fingerprint density at radius 1 is 1.06 bits per heavy atom. The van der Waals surface area contributed by atoms with Gasteiger partial charge in [-0.2, -0.15) is 23.4 Å². The molecular formula is C20H20F3N7S. The quantitative estimate of drug-likeness (QED) is 0.452. The van der Waals surface area contributed by atoms with Crippen molar-refractivity contribution < 1.29 is 13.2 Å². The molecule has 0 amide bonds. The summed E-state index contributed by atoms with van der Waals surface area (Å²) >= 11 is 1.42. The van der Waals surface area contributed by atoms with E-state index < -0.39 is 11.7 Å². The van der Waals surface area contributed by atoms with Gasteiger partial charge in [-0.15, -0.1) is 10.2 Å². The Morgan fingerprint density at radius 2 is 1.81 bits per heavy atom. The van der Waals surface area contributed by atoms with Gasteiger partial charge in [0.15, 0.2) is 5.82 Å². The lowest BCUT2D eigenvalue weighted by Gasteiger charge is -2.10. The molecule has 4 rings (SSSR count). The summed E-state index contributed by atoms with van der Waals surface area (Å²) in [5.41, 5.74) is 2.06. The average Bonchev–Trinajstić information content (AvgIpc) is 3.42. The van der Waals surface area contributed by atoms with Crippen LogP contribution in [-0.2, 0) is 12.7 Å². The van der Waals surface area contributed by atoms with Crippen molar-refractivity contribution in [2.45, 2.75) is 39.5 Å². The molecule has 1 aromatic carbocycles. The Labute approximate surface area is 180 Å². The number of halogens is 3. The highest BCUT2D eigenvalue weighted by Crippen LogP contribution is 2.29. The summed E-state index contributed by atoms with van der Waals surface area (Å²) in [7, 11) is 0. The van der Waals surface area contributed by atoms with Crippen molar-refractivity contribution in [2.24, 2.45) is 0 Å². The largest absolute Gasteiger partial charge is 0.416 e. The van der Waals surface area contributed by atoms with E-state index in [4.69, 9.17) is 0 Å². The molecule has 0 saturated heterocycles. The van der Waals surface area contributed by atoms with E-state index in [9.17, 15) is 13.2 Å². The Balaban J connectivity index is 1.41. The number of aromatic nitrogens is 6. The van der Waals surface area contributed by atoms with E-state index in [0.717, 1.165) is 34.1 Å². The highest BCUT2D eigenvalue weighted by atomic mass is 32.1. The molecule has 11 heteroatoms. The van der Waals surface area contributed by atoms with Crippen LogP contribution in [0.5, 0.6) is 0 Å². The number of nitrogens with zero attached hydrogens (tertiary/aromatic N) is 6. The van der Waals surface area contributed by atoms with Crippen molar-refractivity contribution in [3.63, 3.8) is 0 Å². The second-order valence-electron chi connectivity index (χ2n) is 7.21. The van der Waals surface area contributed by atoms with Crippen LogP contribution in [0, 0.1) is 13.8 Å². The van der Waals surface area contributed by atoms with Gasteiger partial charge in [0.2, 0.25) is 5.13 Å². The van der Waals surface area contributed by atoms with E-state index in [2.05, 4.69) is 25.7 Å². The van der Waals surface area contributed by atoms with Crippen molar-refractivity contribution in [3.05, 3.63) is 70.1 Å². The molecule has 0 bridgehead atoms. The number of aryl methyl sites for hydroxylation is 2. The van der Waals surface area contributed by atoms with Crippen molar-refractivity contribution in [1.82, 2.24) is 29.8 Å². The van der Waals surface area contributed by atoms with Crippen molar-refractivity contribution in [2.75, 3.05) is 5.32 Å². The summed E-state index contributed by atoms with van der Waals surface area (Å²) in [4.78, 5) is 0. The zero-order valence-corrected chi connectivity index (χ0v) is 17.9. The number of rotatable bonds is 6. The van der Waals surface area contributed by atoms with Crippen molar-refractivity contribution in [1.29, 1.82) is 0 Å². The highest BCUT2D eigenvalue weighted by molar-refractivity contribution is 7.15. The van der Waals surface area contributed by atoms with E-state index in [1.165, 1.54) is 23.5 Å². The second kappa shape index (κ2) is 8.14. The third-order valence-electron chi connectivity index (χ3n) is 4.71. The lowest BCUT2D eigenvalue weighted by Crippen LogP contribution is -2.10. The SMILES string of the molecule is Cc1cc(C)n(C(C)c2nnc(Nc3ccn(Cc4ccc(C(F)(F)F)cc4)n3)s2)n1. The Bertz CT molecular complexity index is 1170. The van der Waals surface area contributed by atoms with E-state index in [-0.39, 0.29) is 6.04 Å². The van der Waals surface area contributed by atoms with Gasteiger partial charge in [-0.1, -0.05) is 23.5 Å². The Kier molecular flexibility index (Phi) is 5.52. The molecule has 0 saturated carbocycles. The maximum Gasteiger partial charge on any atom is 0.416 e. The van der Waals surface area contributed by atoms with E-state index in [1.807, 2.05) is 31.5 Å². The lowest BCUT2D eigenvalue weighted by molar-refractivity contribution is -0.137. The summed E-state index contributed by atoms with van der Waals surface area (Å²) in [5.74, 6) is 0.577. The van der Waals surface area contributed by atoms with Gasteiger partial charge in [-0.25, -0.2) is 0 Å². The molecule has 4 aromatic rings. The molecule has 0 radical (unpaired) electrons. The number of alkyl halides is 3. The third kappa shape index (κ3) is 4.76. The van der Waals surface area contributed by atoms with Gasteiger partial charge in [0.05, 0.1) is 17.8 Å². The van der Waals surface area contributed by atoms with Crippen LogP contribution < -0.4 is 5.32 Å². The molecular weight excluding hydrogens is 427 g/mol. The molecule has 1 atom stereocenters. The molecule has 1 unspecified atom stereocenters. The van der Waals surface area contributed by atoms with E-state index in [1.54, 1.807) is 16.9 Å². The summed E-state index contributed by atoms with van der Waals surface area (Å²) in [6.45, 7) is 6.32. The summed E-state index contributed by atoms with van der Waals surface area (Å²) in [6, 6.07) is 8.80. The minimum atomic E-state index is -4.34. The maximum absolute atomic E-state index is 12.7. The first kappa shape index (κ1) is 21.0. The fraction of sp³-hybridized carbons (Fsp3) is 0.300. The van der Waals surface area contributed by atoms with Crippen LogP contribution in [0.3, 0.4) is 0 Å². The minimum Gasteiger partial charge on any atom is -0.313 e. The standard InChI is InChI=1S/C20H20F3N7S/c1-12-10-13(2)30(27-12)14(3)18-25-26-19(31-18)24-17-8-9-29(28-17)11-15-4-6-16(7-5-15)20(21,22)23/h4-10,14H,11H2,1-3H3,(H,24,26,28). The summed E-state index contributed by atoms with van der Waals surface area (Å²) in [6.07, 6.45) is -2.59. The zero-order valence-electron chi connectivity index (χ0n) is 17.1. The molecule has 3 heterocycles. The van der Waals surface area contributed by atoms with E-state index in [0.29, 0.717) is 17.5 Å². The van der Waals surface area contributed by atoms with Crippen molar-refractivity contribution in [3.8, 4) is 0 Å². The molecule has 0 spiro atoms. The number of nitrogens with one attached hydrogen (secondary N) is 1. The molecule has 0 aliphatic heterocycles. The van der Waals surface area contributed by atoms with Crippen molar-refractivity contribution >= 4 is 22.3 Å². The smallest absolute Gasteiger partial charge is 0.313 e. The molecule has 31 heavy (non-hydrogen) atoms. The zero-order chi connectivity index (χ0) is 22.2. The lowest BCUT2D eigenvalue weighted by atomic mass is 10.1. The molecule has 3 aromatic heterocycles. The van der Waals surface area contributed by atoms with Crippen LogP contribution in [0.4, 0.5) is 24.1 Å². The van der Waals surface area contributed by atoms with Gasteiger partial charge in [0.1, 0.15) is 11.0 Å². The number of hydrogen-bond donors (Lipinski definition) is 1. The van der Waals surface area contributed by atoms with Gasteiger partial charge < -0.3 is 5.32 Å². The van der Waals surface area contributed by atoms with Crippen LogP contribution in [0.15, 0.2) is 42.6 Å². The van der Waals surface area contributed by atoms with Crippen LogP contribution in [-0.4, -0.2) is 29.8 Å². The monoisotopic (exact) mass is 447 g/mol. The highest BCUT2D eigenvalue weighted by Gasteiger charge is 2.29. The van der Waals surface area contributed by atoms with Gasteiger partial charge in [-0.05, 0) is 44.5 Å². The van der Waals surface area contributed by atoms with Crippen LogP contribution >= 0.6 is 11.3 Å². The first-order chi connectivity index (χ1) is 14.7. The molecule has 0 aliphatic carbocycles. The van der Waals surface area contributed by atoms with Gasteiger partial charge in [0.25, 0.3) is 0 Å². The minimum absolute atomic E-state index is 0.0426. The third-order valence-corrected chi connectivity index (χ3v) is 5.72. The Hall–Kier alpha value is -3.21. The number of anilines is 2. The van der Waals surface area contributed by atoms with Crippen LogP contribution in [0.2, 0.25) is 0 Å². The summed E-state index contributed by atoms with van der Waals surface area (Å²) < 4.78 is 41.6. The second-order valence-corrected chi connectivity index (χ2v) is 8.22. The average molecular weight is 447 g/mol. The summed E-state index contributed by atoms with van der Waals surface area (Å²) in [5, 5.41) is 21.9. The number of benzene rings is 1. The molecule has 162 valence electrons. The predicted octanol–water partition coefficient (Wildman–Crippen LogP) is 4.97. The van der Waals surface area contributed by atoms with Gasteiger partial charge in [0, 0.05) is 18.0 Å². The molecule has 0 fully saturated rings. The van der Waals surface area contributed by atoms with E-state index >= 15 is 0 Å². The molecule has 0 aliphatic rings. The fourth-order valence-corrected chi connectivity index (χ4v) is 4.00. The number of hydrogen-bond acceptors (Lipinski definition) is 6. The topological polar surface area (TPSA) is 73.5 Å². The fourth-order valence-electron chi connectivity index (χ4n) is 3.21. The normalized spacial score (nSPS) is 12.8. The van der Waals surface area contributed by atoms with Crippen LogP contribution in [0.25, 0.3) is 0 Å². The first-order valence-corrected chi connectivity index (χ1v) is 10.3. The predicted molar refractivity (Wildman–Crippen MR) is 111 cm³/mol. The molecule has 1 N–H and O–H groups in total. The molecule has 7 nitrogen and oxygen atoms in total. The van der Waals surface area contributed by atoms with Crippen LogP contribution in [0.1, 0.15) is 40.5 Å². The maximum atomic E-state index is 12.7. The van der Waals surface area contributed by atoms with Gasteiger partial charge in [-0.3, -0.25) is 9.36 Å². The van der Waals surface area contributed by atoms with Gasteiger partial charge >= 0.3 is 6.18 Å². The first-order valence-electron chi connectivity index (χ1n) is 9.52.